The molecule has 0 aliphatic carbocycles. The second-order valence-corrected chi connectivity index (χ2v) is 6.86. The normalized spacial score (nSPS) is 28.2. The summed E-state index contributed by atoms with van der Waals surface area (Å²) in [4.78, 5) is 0. The van der Waals surface area contributed by atoms with Crippen LogP contribution in [-0.2, 0) is 0 Å². The van der Waals surface area contributed by atoms with Crippen LogP contribution in [0.5, 0.6) is 0 Å². The van der Waals surface area contributed by atoms with Crippen LogP contribution in [0.4, 0.5) is 0 Å². The third-order valence-corrected chi connectivity index (χ3v) is 4.90. The van der Waals surface area contributed by atoms with Gasteiger partial charge in [-0.05, 0) is 38.9 Å². The molecular formula is C13H27NS. The van der Waals surface area contributed by atoms with Gasteiger partial charge in [0.25, 0.3) is 0 Å². The van der Waals surface area contributed by atoms with Crippen LogP contribution in [0.3, 0.4) is 0 Å². The Kier molecular flexibility index (Phi) is 6.06. The molecular weight excluding hydrogens is 202 g/mol. The van der Waals surface area contributed by atoms with Crippen LogP contribution in [0.15, 0.2) is 0 Å². The monoisotopic (exact) mass is 229 g/mol. The Morgan fingerprint density at radius 1 is 1.40 bits per heavy atom. The van der Waals surface area contributed by atoms with Crippen LogP contribution in [0, 0.1) is 0 Å². The maximum Gasteiger partial charge on any atom is 0.0256 e. The summed E-state index contributed by atoms with van der Waals surface area (Å²) in [6.45, 7) is 8.22. The van der Waals surface area contributed by atoms with Crippen LogP contribution in [0.25, 0.3) is 0 Å². The minimum absolute atomic E-state index is 0.527. The molecule has 0 radical (unpaired) electrons. The highest BCUT2D eigenvalue weighted by Crippen LogP contribution is 2.37. The zero-order chi connectivity index (χ0) is 11.1. The summed E-state index contributed by atoms with van der Waals surface area (Å²) in [6, 6.07) is 0.703. The quantitative estimate of drug-likeness (QED) is 0.666. The van der Waals surface area contributed by atoms with Gasteiger partial charge in [0, 0.05) is 17.3 Å². The first-order chi connectivity index (χ1) is 7.16. The molecule has 2 unspecified atom stereocenters. The van der Waals surface area contributed by atoms with Crippen molar-refractivity contribution in [3.8, 4) is 0 Å². The standard InChI is InChI=1S/C13H27NS/c1-4-5-6-8-12(2)14-11-13(3)9-7-10-15-13/h12,14H,4-11H2,1-3H3. The van der Waals surface area contributed by atoms with Crippen molar-refractivity contribution in [1.29, 1.82) is 0 Å². The third kappa shape index (κ3) is 5.26. The molecule has 0 aromatic rings. The first-order valence-corrected chi connectivity index (χ1v) is 7.52. The molecule has 0 bridgehead atoms. The molecule has 1 heterocycles. The summed E-state index contributed by atoms with van der Waals surface area (Å²) in [6.07, 6.45) is 8.25. The van der Waals surface area contributed by atoms with Crippen LogP contribution in [0.2, 0.25) is 0 Å². The Morgan fingerprint density at radius 2 is 2.20 bits per heavy atom. The zero-order valence-corrected chi connectivity index (χ0v) is 11.5. The van der Waals surface area contributed by atoms with E-state index in [1.165, 1.54) is 50.8 Å². The van der Waals surface area contributed by atoms with Crippen LogP contribution in [-0.4, -0.2) is 23.1 Å². The predicted octanol–water partition coefficient (Wildman–Crippen LogP) is 3.83. The number of thioether (sulfide) groups is 1. The minimum atomic E-state index is 0.527. The molecule has 90 valence electrons. The van der Waals surface area contributed by atoms with Crippen molar-refractivity contribution < 1.29 is 0 Å². The molecule has 2 heteroatoms. The Hall–Kier alpha value is 0.310. The summed E-state index contributed by atoms with van der Waals surface area (Å²) < 4.78 is 0.527. The van der Waals surface area contributed by atoms with Gasteiger partial charge < -0.3 is 5.32 Å². The van der Waals surface area contributed by atoms with E-state index in [2.05, 4.69) is 37.8 Å². The first-order valence-electron chi connectivity index (χ1n) is 6.53. The summed E-state index contributed by atoms with van der Waals surface area (Å²) in [5.74, 6) is 1.36. The van der Waals surface area contributed by atoms with Crippen molar-refractivity contribution in [1.82, 2.24) is 5.32 Å². The highest BCUT2D eigenvalue weighted by molar-refractivity contribution is 8.00. The van der Waals surface area contributed by atoms with Gasteiger partial charge in [-0.15, -0.1) is 0 Å². The van der Waals surface area contributed by atoms with Crippen LogP contribution in [0.1, 0.15) is 59.3 Å². The van der Waals surface area contributed by atoms with E-state index in [0.717, 1.165) is 0 Å². The molecule has 1 N–H and O–H groups in total. The molecule has 0 saturated carbocycles. The fourth-order valence-electron chi connectivity index (χ4n) is 2.17. The topological polar surface area (TPSA) is 12.0 Å². The molecule has 1 saturated heterocycles. The van der Waals surface area contributed by atoms with Crippen molar-refractivity contribution in [2.45, 2.75) is 70.1 Å². The van der Waals surface area contributed by atoms with E-state index in [9.17, 15) is 0 Å². The highest BCUT2D eigenvalue weighted by atomic mass is 32.2. The number of hydrogen-bond acceptors (Lipinski definition) is 2. The lowest BCUT2D eigenvalue weighted by Gasteiger charge is -2.25. The van der Waals surface area contributed by atoms with Gasteiger partial charge in [0.05, 0.1) is 0 Å². The molecule has 1 nitrogen and oxygen atoms in total. The zero-order valence-electron chi connectivity index (χ0n) is 10.6. The molecule has 1 aliphatic rings. The smallest absolute Gasteiger partial charge is 0.0256 e. The predicted molar refractivity (Wildman–Crippen MR) is 71.7 cm³/mol. The van der Waals surface area contributed by atoms with Crippen molar-refractivity contribution >= 4 is 11.8 Å². The number of rotatable bonds is 7. The van der Waals surface area contributed by atoms with Crippen molar-refractivity contribution in [3.05, 3.63) is 0 Å². The molecule has 0 amide bonds. The average Bonchev–Trinajstić information content (AvgIpc) is 2.64. The molecule has 1 aliphatic heterocycles. The van der Waals surface area contributed by atoms with Crippen molar-refractivity contribution in [2.75, 3.05) is 12.3 Å². The van der Waals surface area contributed by atoms with Gasteiger partial charge in [-0.1, -0.05) is 26.2 Å². The number of hydrogen-bond donors (Lipinski definition) is 1. The highest BCUT2D eigenvalue weighted by Gasteiger charge is 2.29. The maximum absolute atomic E-state index is 3.70. The molecule has 0 spiro atoms. The van der Waals surface area contributed by atoms with Gasteiger partial charge in [0.15, 0.2) is 0 Å². The number of unbranched alkanes of at least 4 members (excludes halogenated alkanes) is 2. The van der Waals surface area contributed by atoms with Crippen molar-refractivity contribution in [3.63, 3.8) is 0 Å². The Balaban J connectivity index is 2.07. The van der Waals surface area contributed by atoms with E-state index in [0.29, 0.717) is 10.8 Å². The molecule has 0 aromatic carbocycles. The third-order valence-electron chi connectivity index (χ3n) is 3.37. The first kappa shape index (κ1) is 13.4. The van der Waals surface area contributed by atoms with Crippen LogP contribution >= 0.6 is 11.8 Å². The largest absolute Gasteiger partial charge is 0.313 e. The minimum Gasteiger partial charge on any atom is -0.313 e. The van der Waals surface area contributed by atoms with Gasteiger partial charge in [-0.3, -0.25) is 0 Å². The Labute approximate surface area is 99.8 Å². The van der Waals surface area contributed by atoms with Gasteiger partial charge in [-0.25, -0.2) is 0 Å². The van der Waals surface area contributed by atoms with Crippen LogP contribution < -0.4 is 5.32 Å². The lowest BCUT2D eigenvalue weighted by atomic mass is 10.0. The second kappa shape index (κ2) is 6.80. The SMILES string of the molecule is CCCCCC(C)NCC1(C)CCCS1. The maximum atomic E-state index is 3.70. The molecule has 15 heavy (non-hydrogen) atoms. The summed E-state index contributed by atoms with van der Waals surface area (Å²) in [5, 5.41) is 3.70. The molecule has 2 atom stereocenters. The lowest BCUT2D eigenvalue weighted by molar-refractivity contribution is 0.448. The van der Waals surface area contributed by atoms with E-state index in [4.69, 9.17) is 0 Å². The Morgan fingerprint density at radius 3 is 2.80 bits per heavy atom. The van der Waals surface area contributed by atoms with Crippen molar-refractivity contribution in [2.24, 2.45) is 0 Å². The van der Waals surface area contributed by atoms with Gasteiger partial charge in [0.2, 0.25) is 0 Å². The second-order valence-electron chi connectivity index (χ2n) is 5.18. The Bertz CT molecular complexity index is 164. The fourth-order valence-corrected chi connectivity index (χ4v) is 3.42. The van der Waals surface area contributed by atoms with Gasteiger partial charge in [0.1, 0.15) is 0 Å². The van der Waals surface area contributed by atoms with E-state index >= 15 is 0 Å². The summed E-state index contributed by atoms with van der Waals surface area (Å²) in [7, 11) is 0. The van der Waals surface area contributed by atoms with E-state index in [1.807, 2.05) is 0 Å². The van der Waals surface area contributed by atoms with Gasteiger partial charge >= 0.3 is 0 Å². The number of nitrogens with one attached hydrogen (secondary N) is 1. The lowest BCUT2D eigenvalue weighted by Crippen LogP contribution is -2.38. The summed E-state index contributed by atoms with van der Waals surface area (Å²) >= 11 is 2.15. The van der Waals surface area contributed by atoms with Gasteiger partial charge in [-0.2, -0.15) is 11.8 Å². The molecule has 0 aromatic heterocycles. The fraction of sp³-hybridized carbons (Fsp3) is 1.00. The molecule has 1 rings (SSSR count). The molecule has 1 fully saturated rings. The summed E-state index contributed by atoms with van der Waals surface area (Å²) in [5.41, 5.74) is 0. The van der Waals surface area contributed by atoms with E-state index in [1.54, 1.807) is 0 Å². The average molecular weight is 229 g/mol. The van der Waals surface area contributed by atoms with E-state index < -0.39 is 0 Å². The van der Waals surface area contributed by atoms with E-state index in [-0.39, 0.29) is 0 Å².